The van der Waals surface area contributed by atoms with E-state index in [0.29, 0.717) is 12.0 Å². The van der Waals surface area contributed by atoms with E-state index in [1.54, 1.807) is 26.8 Å². The number of nitrogens with zero attached hydrogens (tertiary/aromatic N) is 1. The molecule has 0 unspecified atom stereocenters. The number of carbonyl (C=O) groups excluding carboxylic acids is 4. The van der Waals surface area contributed by atoms with Crippen LogP contribution in [0.1, 0.15) is 116 Å². The first kappa shape index (κ1) is 52.5. The first-order chi connectivity index (χ1) is 27.3. The molecule has 0 bridgehead atoms. The summed E-state index contributed by atoms with van der Waals surface area (Å²) < 4.78 is 10.1. The van der Waals surface area contributed by atoms with Gasteiger partial charge >= 0.3 is 12.1 Å². The molecule has 0 aliphatic rings. The zero-order valence-corrected chi connectivity index (χ0v) is 37.9. The lowest BCUT2D eigenvalue weighted by atomic mass is 9.97. The number of benzene rings is 4. The summed E-state index contributed by atoms with van der Waals surface area (Å²) in [5.41, 5.74) is 7.52. The number of amides is 2. The van der Waals surface area contributed by atoms with Crippen LogP contribution < -0.4 is 10.2 Å². The molecule has 58 heavy (non-hydrogen) atoms. The minimum atomic E-state index is -0.582. The predicted molar refractivity (Wildman–Crippen MR) is 244 cm³/mol. The van der Waals surface area contributed by atoms with Gasteiger partial charge < -0.3 is 19.6 Å². The first-order valence-electron chi connectivity index (χ1n) is 20.2. The Bertz CT molecular complexity index is 1830. The van der Waals surface area contributed by atoms with Gasteiger partial charge in [0.25, 0.3) is 0 Å². The number of aryl methyl sites for hydroxylation is 3. The molecular weight excluding hydrogens is 725 g/mol. The maximum atomic E-state index is 12.5. The minimum Gasteiger partial charge on any atom is -0.460 e. The van der Waals surface area contributed by atoms with Gasteiger partial charge in [-0.1, -0.05) is 131 Å². The number of nitrogens with one attached hydrogen (secondary N) is 1. The Balaban J connectivity index is 0.000000927. The van der Waals surface area contributed by atoms with Crippen molar-refractivity contribution in [3.05, 3.63) is 130 Å². The summed E-state index contributed by atoms with van der Waals surface area (Å²) in [5.74, 6) is -0.258. The maximum absolute atomic E-state index is 12.5. The van der Waals surface area contributed by atoms with E-state index in [-0.39, 0.29) is 29.9 Å². The van der Waals surface area contributed by atoms with Crippen LogP contribution in [0.5, 0.6) is 0 Å². The molecule has 2 amide bonds. The molecule has 4 aromatic rings. The monoisotopic (exact) mass is 795 g/mol. The Morgan fingerprint density at radius 2 is 1.14 bits per heavy atom. The van der Waals surface area contributed by atoms with E-state index in [1.165, 1.54) is 34.1 Å². The molecule has 0 aliphatic heterocycles. The summed E-state index contributed by atoms with van der Waals surface area (Å²) in [7, 11) is 0. The number of esters is 1. The van der Waals surface area contributed by atoms with Crippen molar-refractivity contribution in [2.24, 2.45) is 5.92 Å². The molecule has 4 rings (SSSR count). The van der Waals surface area contributed by atoms with Gasteiger partial charge in [-0.2, -0.15) is 0 Å². The lowest BCUT2D eigenvalue weighted by Gasteiger charge is -2.27. The predicted octanol–water partition coefficient (Wildman–Crippen LogP) is 12.6. The second kappa shape index (κ2) is 27.2. The van der Waals surface area contributed by atoms with E-state index in [1.807, 2.05) is 117 Å². The van der Waals surface area contributed by atoms with Crippen molar-refractivity contribution in [1.82, 2.24) is 0 Å². The first-order valence-corrected chi connectivity index (χ1v) is 20.2. The molecule has 0 heterocycles. The molecule has 1 N–H and O–H groups in total. The molecule has 0 saturated heterocycles. The Kier molecular flexibility index (Phi) is 24.6. The van der Waals surface area contributed by atoms with Crippen LogP contribution in [-0.2, 0) is 30.3 Å². The van der Waals surface area contributed by atoms with E-state index >= 15 is 0 Å². The maximum Gasteiger partial charge on any atom is 0.415 e. The van der Waals surface area contributed by atoms with Crippen molar-refractivity contribution in [2.75, 3.05) is 16.8 Å². The highest BCUT2D eigenvalue weighted by Crippen LogP contribution is 2.22. The van der Waals surface area contributed by atoms with Crippen LogP contribution in [0.4, 0.5) is 16.2 Å². The fourth-order valence-electron chi connectivity index (χ4n) is 5.03. The van der Waals surface area contributed by atoms with Crippen LogP contribution in [0.2, 0.25) is 0 Å². The average molecular weight is 795 g/mol. The second-order valence-electron chi connectivity index (χ2n) is 15.1. The second-order valence-corrected chi connectivity index (χ2v) is 15.1. The molecule has 316 valence electrons. The van der Waals surface area contributed by atoms with Crippen LogP contribution >= 0.6 is 0 Å². The van der Waals surface area contributed by atoms with Crippen LogP contribution in [0.15, 0.2) is 97.1 Å². The van der Waals surface area contributed by atoms with Crippen molar-refractivity contribution in [3.63, 3.8) is 0 Å². The van der Waals surface area contributed by atoms with Gasteiger partial charge in [0.1, 0.15) is 17.5 Å². The summed E-state index contributed by atoms with van der Waals surface area (Å²) in [6, 6.07) is 32.0. The number of para-hydroxylation sites is 1. The summed E-state index contributed by atoms with van der Waals surface area (Å²) >= 11 is 0. The van der Waals surface area contributed by atoms with Gasteiger partial charge in [0.2, 0.25) is 5.91 Å². The zero-order valence-electron chi connectivity index (χ0n) is 37.9. The third-order valence-electron chi connectivity index (χ3n) is 7.69. The van der Waals surface area contributed by atoms with E-state index in [9.17, 15) is 19.2 Å². The number of rotatable bonds is 9. The minimum absolute atomic E-state index is 0.0141. The standard InChI is InChI=1S/C26H27NO.C14H19NO3.C6H12O2.2C2H6/c1-19-8-10-22(11-9-19)12-13-23-14-16-25(17-15-23)27-26(28)21(3)18-24-7-5-4-6-20(24)2;1-11-7-5-6-8-12(11)15(9-10-16)13(17)18-14(2,3)4;1-5(7)8-6(2,3)4;2*1-2/h4-17,21H,18H2,1-3H3,(H,27,28);5-8,10H,9H2,1-4H3;1-4H3;2*1-2H3/b13-12+;;;;/t21-;;;;/m0..../s1. The van der Waals surface area contributed by atoms with Crippen molar-refractivity contribution >= 4 is 47.8 Å². The molecule has 0 aromatic heterocycles. The summed E-state index contributed by atoms with van der Waals surface area (Å²) in [6.45, 7) is 28.3. The summed E-state index contributed by atoms with van der Waals surface area (Å²) in [6.07, 6.45) is 5.10. The van der Waals surface area contributed by atoms with Gasteiger partial charge in [0, 0.05) is 18.5 Å². The third kappa shape index (κ3) is 22.3. The van der Waals surface area contributed by atoms with Gasteiger partial charge in [-0.25, -0.2) is 4.79 Å². The van der Waals surface area contributed by atoms with Crippen molar-refractivity contribution < 1.29 is 28.7 Å². The van der Waals surface area contributed by atoms with E-state index in [0.717, 1.165) is 23.2 Å². The van der Waals surface area contributed by atoms with E-state index < -0.39 is 11.7 Å². The number of hydrogen-bond acceptors (Lipinski definition) is 6. The Labute approximate surface area is 350 Å². The highest BCUT2D eigenvalue weighted by Gasteiger charge is 2.24. The van der Waals surface area contributed by atoms with Crippen LogP contribution in [-0.4, -0.2) is 42.0 Å². The number of hydrogen-bond donors (Lipinski definition) is 1. The molecule has 4 aromatic carbocycles. The van der Waals surface area contributed by atoms with E-state index in [2.05, 4.69) is 67.7 Å². The molecule has 0 saturated carbocycles. The van der Waals surface area contributed by atoms with Gasteiger partial charge in [0.05, 0.1) is 12.2 Å². The summed E-state index contributed by atoms with van der Waals surface area (Å²) in [4.78, 5) is 46.9. The lowest BCUT2D eigenvalue weighted by Crippen LogP contribution is -2.38. The summed E-state index contributed by atoms with van der Waals surface area (Å²) in [5, 5.41) is 3.03. The normalized spacial score (nSPS) is 10.9. The molecule has 0 spiro atoms. The Morgan fingerprint density at radius 1 is 0.672 bits per heavy atom. The largest absolute Gasteiger partial charge is 0.460 e. The molecule has 0 aliphatic carbocycles. The zero-order chi connectivity index (χ0) is 44.5. The third-order valence-corrected chi connectivity index (χ3v) is 7.69. The molecule has 8 heteroatoms. The Hall–Kier alpha value is -5.50. The quantitative estimate of drug-likeness (QED) is 0.103. The topological polar surface area (TPSA) is 102 Å². The van der Waals surface area contributed by atoms with Crippen LogP contribution in [0.25, 0.3) is 12.2 Å². The number of carbonyl (C=O) groups is 4. The van der Waals surface area contributed by atoms with Gasteiger partial charge in [0.15, 0.2) is 0 Å². The fraction of sp³-hybridized carbons (Fsp3) is 0.400. The number of anilines is 2. The molecule has 0 radical (unpaired) electrons. The van der Waals surface area contributed by atoms with Gasteiger partial charge in [-0.15, -0.1) is 0 Å². The van der Waals surface area contributed by atoms with Gasteiger partial charge in [-0.05, 0) is 115 Å². The Morgan fingerprint density at radius 3 is 1.57 bits per heavy atom. The number of ether oxygens (including phenoxy) is 2. The fourth-order valence-corrected chi connectivity index (χ4v) is 5.03. The molecule has 0 fully saturated rings. The average Bonchev–Trinajstić information content (AvgIpc) is 3.16. The highest BCUT2D eigenvalue weighted by molar-refractivity contribution is 5.93. The van der Waals surface area contributed by atoms with Crippen molar-refractivity contribution in [2.45, 2.75) is 121 Å². The SMILES string of the molecule is CC.CC.CC(=O)OC(C)(C)C.Cc1ccc(/C=C/c2ccc(NC(=O)[C@@H](C)Cc3ccccc3C)cc2)cc1.Cc1ccccc1N(CC=O)C(=O)OC(C)(C)C. The van der Waals surface area contributed by atoms with E-state index in [4.69, 9.17) is 9.47 Å². The molecule has 8 nitrogen and oxygen atoms in total. The smallest absolute Gasteiger partial charge is 0.415 e. The molecule has 1 atom stereocenters. The van der Waals surface area contributed by atoms with Crippen LogP contribution in [0.3, 0.4) is 0 Å². The van der Waals surface area contributed by atoms with Crippen molar-refractivity contribution in [1.29, 1.82) is 0 Å². The van der Waals surface area contributed by atoms with Crippen molar-refractivity contribution in [3.8, 4) is 0 Å². The highest BCUT2D eigenvalue weighted by atomic mass is 16.6. The number of aldehydes is 1. The van der Waals surface area contributed by atoms with Crippen LogP contribution in [0, 0.1) is 26.7 Å². The lowest BCUT2D eigenvalue weighted by molar-refractivity contribution is -0.151. The molecular formula is C50H70N2O6. The van der Waals surface area contributed by atoms with Gasteiger partial charge in [-0.3, -0.25) is 14.5 Å².